The first-order valence-corrected chi connectivity index (χ1v) is 7.73. The van der Waals surface area contributed by atoms with E-state index in [2.05, 4.69) is 26.5 Å². The molecule has 2 rings (SSSR count). The van der Waals surface area contributed by atoms with Crippen molar-refractivity contribution in [3.8, 4) is 5.75 Å². The Morgan fingerprint density at radius 3 is 2.27 bits per heavy atom. The fourth-order valence-corrected chi connectivity index (χ4v) is 2.09. The van der Waals surface area contributed by atoms with E-state index in [0.717, 1.165) is 21.5 Å². The van der Waals surface area contributed by atoms with E-state index in [-0.39, 0.29) is 5.91 Å². The Morgan fingerprint density at radius 1 is 1.09 bits per heavy atom. The Hall–Kier alpha value is -2.14. The summed E-state index contributed by atoms with van der Waals surface area (Å²) in [5.41, 5.74) is 4.79. The number of ether oxygens (including phenoxy) is 1. The van der Waals surface area contributed by atoms with E-state index in [0.29, 0.717) is 12.2 Å². The number of nitrogens with zero attached hydrogens (tertiary/aromatic N) is 1. The predicted molar refractivity (Wildman–Crippen MR) is 91.4 cm³/mol. The number of hydrogen-bond donors (Lipinski definition) is 1. The molecule has 0 atom stereocenters. The number of hydrazone groups is 1. The average molecular weight is 361 g/mol. The summed E-state index contributed by atoms with van der Waals surface area (Å²) in [5.74, 6) is 0.494. The van der Waals surface area contributed by atoms with Crippen molar-refractivity contribution in [1.82, 2.24) is 5.43 Å². The molecule has 0 aliphatic heterocycles. The molecule has 0 spiro atoms. The second kappa shape index (κ2) is 7.75. The largest absolute Gasteiger partial charge is 0.494 e. The van der Waals surface area contributed by atoms with Crippen LogP contribution in [-0.4, -0.2) is 18.2 Å². The zero-order valence-electron chi connectivity index (χ0n) is 12.5. The zero-order chi connectivity index (χ0) is 15.9. The van der Waals surface area contributed by atoms with Crippen molar-refractivity contribution < 1.29 is 9.53 Å². The molecule has 0 aromatic heterocycles. The van der Waals surface area contributed by atoms with E-state index >= 15 is 0 Å². The van der Waals surface area contributed by atoms with Crippen molar-refractivity contribution in [2.75, 3.05) is 6.61 Å². The van der Waals surface area contributed by atoms with Crippen LogP contribution in [0.25, 0.3) is 0 Å². The molecule has 0 radical (unpaired) electrons. The maximum absolute atomic E-state index is 12.0. The quantitative estimate of drug-likeness (QED) is 0.646. The van der Waals surface area contributed by atoms with Crippen LogP contribution in [0.1, 0.15) is 29.8 Å². The van der Waals surface area contributed by atoms with E-state index in [1.54, 1.807) is 24.3 Å². The third kappa shape index (κ3) is 4.43. The molecule has 0 bridgehead atoms. The normalized spacial score (nSPS) is 11.1. The lowest BCUT2D eigenvalue weighted by atomic mass is 10.1. The second-order valence-corrected chi connectivity index (χ2v) is 5.52. The van der Waals surface area contributed by atoms with Gasteiger partial charge in [0.15, 0.2) is 0 Å². The molecule has 4 nitrogen and oxygen atoms in total. The summed E-state index contributed by atoms with van der Waals surface area (Å²) in [5, 5.41) is 4.13. The Kier molecular flexibility index (Phi) is 5.72. The first-order valence-electron chi connectivity index (χ1n) is 6.93. The number of amides is 1. The van der Waals surface area contributed by atoms with Crippen LogP contribution in [0.5, 0.6) is 5.75 Å². The molecule has 1 N–H and O–H groups in total. The highest BCUT2D eigenvalue weighted by Crippen LogP contribution is 2.13. The molecule has 0 saturated heterocycles. The minimum atomic E-state index is -0.250. The minimum Gasteiger partial charge on any atom is -0.494 e. The van der Waals surface area contributed by atoms with Gasteiger partial charge in [0, 0.05) is 10.0 Å². The van der Waals surface area contributed by atoms with Gasteiger partial charge in [-0.15, -0.1) is 0 Å². The predicted octanol–water partition coefficient (Wildman–Crippen LogP) is 4.00. The maximum atomic E-state index is 12.0. The monoisotopic (exact) mass is 360 g/mol. The molecular weight excluding hydrogens is 344 g/mol. The van der Waals surface area contributed by atoms with Crippen molar-refractivity contribution in [2.45, 2.75) is 13.8 Å². The van der Waals surface area contributed by atoms with E-state index in [1.165, 1.54) is 0 Å². The standard InChI is InChI=1S/C17H17BrN2O2/c1-3-22-16-10-6-14(7-11-16)17(21)20-19-12(2)13-4-8-15(18)9-5-13/h4-11H,3H2,1-2H3,(H,20,21)/b19-12+. The van der Waals surface area contributed by atoms with E-state index in [1.807, 2.05) is 38.1 Å². The van der Waals surface area contributed by atoms with Gasteiger partial charge in [-0.05, 0) is 55.8 Å². The summed E-state index contributed by atoms with van der Waals surface area (Å²) < 4.78 is 6.35. The van der Waals surface area contributed by atoms with Crippen LogP contribution in [-0.2, 0) is 0 Å². The van der Waals surface area contributed by atoms with Crippen LogP contribution < -0.4 is 10.2 Å². The number of nitrogens with one attached hydrogen (secondary N) is 1. The minimum absolute atomic E-state index is 0.250. The maximum Gasteiger partial charge on any atom is 0.271 e. The lowest BCUT2D eigenvalue weighted by molar-refractivity contribution is 0.0955. The fourth-order valence-electron chi connectivity index (χ4n) is 1.82. The summed E-state index contributed by atoms with van der Waals surface area (Å²) >= 11 is 3.38. The molecule has 5 heteroatoms. The smallest absolute Gasteiger partial charge is 0.271 e. The molecule has 2 aromatic carbocycles. The van der Waals surface area contributed by atoms with Crippen molar-refractivity contribution in [1.29, 1.82) is 0 Å². The Bertz CT molecular complexity index is 664. The van der Waals surface area contributed by atoms with Gasteiger partial charge in [-0.2, -0.15) is 5.10 Å². The lowest BCUT2D eigenvalue weighted by Crippen LogP contribution is -2.19. The molecular formula is C17H17BrN2O2. The molecule has 0 aliphatic rings. The Balaban J connectivity index is 2.01. The van der Waals surface area contributed by atoms with Gasteiger partial charge in [-0.1, -0.05) is 28.1 Å². The number of carbonyl (C=O) groups excluding carboxylic acids is 1. The van der Waals surface area contributed by atoms with Crippen LogP contribution >= 0.6 is 15.9 Å². The third-order valence-corrected chi connectivity index (χ3v) is 3.54. The molecule has 0 saturated carbocycles. The summed E-state index contributed by atoms with van der Waals surface area (Å²) in [4.78, 5) is 12.0. The van der Waals surface area contributed by atoms with Crippen molar-refractivity contribution in [3.05, 3.63) is 64.1 Å². The summed E-state index contributed by atoms with van der Waals surface area (Å²) in [6.07, 6.45) is 0. The number of hydrogen-bond acceptors (Lipinski definition) is 3. The molecule has 1 amide bonds. The number of rotatable bonds is 5. The van der Waals surface area contributed by atoms with Gasteiger partial charge in [0.05, 0.1) is 12.3 Å². The van der Waals surface area contributed by atoms with E-state index in [4.69, 9.17) is 4.74 Å². The molecule has 0 heterocycles. The molecule has 2 aromatic rings. The zero-order valence-corrected chi connectivity index (χ0v) is 14.1. The number of carbonyl (C=O) groups is 1. The average Bonchev–Trinajstić information content (AvgIpc) is 2.54. The van der Waals surface area contributed by atoms with Crippen LogP contribution in [0, 0.1) is 0 Å². The van der Waals surface area contributed by atoms with Crippen LogP contribution in [0.3, 0.4) is 0 Å². The van der Waals surface area contributed by atoms with Crippen molar-refractivity contribution in [2.24, 2.45) is 5.10 Å². The Labute approximate surface area is 138 Å². The highest BCUT2D eigenvalue weighted by molar-refractivity contribution is 9.10. The topological polar surface area (TPSA) is 50.7 Å². The first-order chi connectivity index (χ1) is 10.6. The molecule has 22 heavy (non-hydrogen) atoms. The van der Waals surface area contributed by atoms with Gasteiger partial charge in [0.2, 0.25) is 0 Å². The van der Waals surface area contributed by atoms with Crippen LogP contribution in [0.15, 0.2) is 58.1 Å². The molecule has 0 fully saturated rings. The van der Waals surface area contributed by atoms with Gasteiger partial charge in [0.1, 0.15) is 5.75 Å². The molecule has 0 unspecified atom stereocenters. The van der Waals surface area contributed by atoms with Gasteiger partial charge in [0.25, 0.3) is 5.91 Å². The number of halogens is 1. The van der Waals surface area contributed by atoms with Gasteiger partial charge >= 0.3 is 0 Å². The molecule has 0 aliphatic carbocycles. The number of benzene rings is 2. The van der Waals surface area contributed by atoms with Gasteiger partial charge in [-0.25, -0.2) is 5.43 Å². The summed E-state index contributed by atoms with van der Waals surface area (Å²) in [6, 6.07) is 14.7. The van der Waals surface area contributed by atoms with E-state index in [9.17, 15) is 4.79 Å². The van der Waals surface area contributed by atoms with Crippen LogP contribution in [0.4, 0.5) is 0 Å². The SMILES string of the molecule is CCOc1ccc(C(=O)N/N=C(\C)c2ccc(Br)cc2)cc1. The fraction of sp³-hybridized carbons (Fsp3) is 0.176. The molecule has 114 valence electrons. The van der Waals surface area contributed by atoms with Gasteiger partial charge in [-0.3, -0.25) is 4.79 Å². The highest BCUT2D eigenvalue weighted by Gasteiger charge is 2.05. The first kappa shape index (κ1) is 16.2. The Morgan fingerprint density at radius 2 is 1.68 bits per heavy atom. The van der Waals surface area contributed by atoms with Gasteiger partial charge < -0.3 is 4.74 Å². The second-order valence-electron chi connectivity index (χ2n) is 4.60. The highest BCUT2D eigenvalue weighted by atomic mass is 79.9. The van der Waals surface area contributed by atoms with Crippen LogP contribution in [0.2, 0.25) is 0 Å². The van der Waals surface area contributed by atoms with E-state index < -0.39 is 0 Å². The van der Waals surface area contributed by atoms with Crippen molar-refractivity contribution in [3.63, 3.8) is 0 Å². The van der Waals surface area contributed by atoms with Crippen molar-refractivity contribution >= 4 is 27.5 Å². The lowest BCUT2D eigenvalue weighted by Gasteiger charge is -2.05. The summed E-state index contributed by atoms with van der Waals surface area (Å²) in [7, 11) is 0. The summed E-state index contributed by atoms with van der Waals surface area (Å²) in [6.45, 7) is 4.37. The third-order valence-electron chi connectivity index (χ3n) is 3.01.